The second-order valence-corrected chi connectivity index (χ2v) is 9.00. The minimum Gasteiger partial charge on any atom is -0.342 e. The van der Waals surface area contributed by atoms with Gasteiger partial charge in [0, 0.05) is 10.4 Å². The first-order valence-electron chi connectivity index (χ1n) is 9.36. The largest absolute Gasteiger partial charge is 0.342 e. The third kappa shape index (κ3) is 3.59. The number of aromatic nitrogens is 4. The van der Waals surface area contributed by atoms with Gasteiger partial charge in [0.2, 0.25) is 0 Å². The van der Waals surface area contributed by atoms with E-state index >= 15 is 0 Å². The van der Waals surface area contributed by atoms with Crippen molar-refractivity contribution in [1.29, 1.82) is 0 Å². The maximum absolute atomic E-state index is 13.8. The van der Waals surface area contributed by atoms with Crippen LogP contribution in [0.3, 0.4) is 0 Å². The molecule has 3 aromatic rings. The summed E-state index contributed by atoms with van der Waals surface area (Å²) in [5, 5.41) is 0.573. The van der Waals surface area contributed by atoms with Crippen molar-refractivity contribution in [3.8, 4) is 0 Å². The van der Waals surface area contributed by atoms with Crippen LogP contribution in [-0.4, -0.2) is 44.5 Å². The molecule has 0 unspecified atom stereocenters. The van der Waals surface area contributed by atoms with Crippen LogP contribution in [0.5, 0.6) is 0 Å². The van der Waals surface area contributed by atoms with Gasteiger partial charge in [-0.25, -0.2) is 15.0 Å². The van der Waals surface area contributed by atoms with Gasteiger partial charge in [0.15, 0.2) is 17.0 Å². The maximum Gasteiger partial charge on any atom is 0.329 e. The molecule has 10 heteroatoms. The van der Waals surface area contributed by atoms with E-state index in [0.717, 1.165) is 10.5 Å². The molecule has 0 atom stereocenters. The van der Waals surface area contributed by atoms with Crippen LogP contribution in [0.25, 0.3) is 11.2 Å². The van der Waals surface area contributed by atoms with Crippen LogP contribution in [0, 0.1) is 0 Å². The van der Waals surface area contributed by atoms with Gasteiger partial charge in [0.05, 0.1) is 26.0 Å². The van der Waals surface area contributed by atoms with Crippen molar-refractivity contribution in [2.45, 2.75) is 44.6 Å². The Morgan fingerprint density at radius 3 is 2.33 bits per heavy atom. The van der Waals surface area contributed by atoms with Crippen molar-refractivity contribution in [3.63, 3.8) is 0 Å². The number of fused-ring (bicyclic) bond motifs is 1. The molecule has 0 bridgehead atoms. The van der Waals surface area contributed by atoms with Gasteiger partial charge in [-0.15, -0.1) is 0 Å². The van der Waals surface area contributed by atoms with Crippen LogP contribution < -0.4 is 4.90 Å². The summed E-state index contributed by atoms with van der Waals surface area (Å²) in [6.07, 6.45) is 1.50. The van der Waals surface area contributed by atoms with Gasteiger partial charge in [0.25, 0.3) is 0 Å². The van der Waals surface area contributed by atoms with E-state index in [1.165, 1.54) is 6.33 Å². The molecule has 160 valence electrons. The SMILES string of the molecule is CC(C)(C)c1nc(N2CC(F)(F)C(F)(F)C2)c2ncn(Cc3cccc(Cl)c3)c2n1. The highest BCUT2D eigenvalue weighted by atomic mass is 35.5. The fraction of sp³-hybridized carbons (Fsp3) is 0.450. The molecular weight excluding hydrogens is 422 g/mol. The molecule has 0 saturated carbocycles. The zero-order chi connectivity index (χ0) is 21.9. The molecule has 0 amide bonds. The zero-order valence-electron chi connectivity index (χ0n) is 16.6. The lowest BCUT2D eigenvalue weighted by Gasteiger charge is -2.22. The summed E-state index contributed by atoms with van der Waals surface area (Å²) in [6, 6.07) is 7.24. The number of rotatable bonds is 3. The molecule has 4 rings (SSSR count). The average Bonchev–Trinajstić information content (AvgIpc) is 3.11. The number of alkyl halides is 4. The number of halogens is 5. The van der Waals surface area contributed by atoms with Crippen LogP contribution in [0.1, 0.15) is 32.2 Å². The first-order chi connectivity index (χ1) is 13.9. The van der Waals surface area contributed by atoms with Gasteiger partial charge >= 0.3 is 11.8 Å². The molecule has 0 spiro atoms. The van der Waals surface area contributed by atoms with Gasteiger partial charge in [0.1, 0.15) is 5.82 Å². The van der Waals surface area contributed by atoms with Gasteiger partial charge in [-0.05, 0) is 17.7 Å². The predicted molar refractivity (Wildman–Crippen MR) is 107 cm³/mol. The van der Waals surface area contributed by atoms with Crippen LogP contribution in [0.15, 0.2) is 30.6 Å². The van der Waals surface area contributed by atoms with Crippen LogP contribution in [0.4, 0.5) is 23.4 Å². The van der Waals surface area contributed by atoms with Crippen LogP contribution in [-0.2, 0) is 12.0 Å². The molecular formula is C20H20ClF4N5. The minimum absolute atomic E-state index is 0.00776. The van der Waals surface area contributed by atoms with E-state index in [1.807, 2.05) is 32.9 Å². The Morgan fingerprint density at radius 2 is 1.73 bits per heavy atom. The molecule has 0 aliphatic carbocycles. The predicted octanol–water partition coefficient (Wildman–Crippen LogP) is 4.92. The minimum atomic E-state index is -4.14. The van der Waals surface area contributed by atoms with Crippen molar-refractivity contribution < 1.29 is 17.6 Å². The van der Waals surface area contributed by atoms with Gasteiger partial charge in [-0.3, -0.25) is 0 Å². The van der Waals surface area contributed by atoms with Gasteiger partial charge in [-0.2, -0.15) is 17.6 Å². The Morgan fingerprint density at radius 1 is 1.07 bits per heavy atom. The smallest absolute Gasteiger partial charge is 0.329 e. The first-order valence-corrected chi connectivity index (χ1v) is 9.74. The second-order valence-electron chi connectivity index (χ2n) is 8.56. The molecule has 0 radical (unpaired) electrons. The number of nitrogens with zero attached hydrogens (tertiary/aromatic N) is 5. The van der Waals surface area contributed by atoms with E-state index in [0.29, 0.717) is 23.0 Å². The van der Waals surface area contributed by atoms with E-state index in [9.17, 15) is 17.6 Å². The molecule has 1 aromatic carbocycles. The Kier molecular flexibility index (Phi) is 4.72. The summed E-state index contributed by atoms with van der Waals surface area (Å²) in [5.41, 5.74) is 0.958. The number of hydrogen-bond acceptors (Lipinski definition) is 4. The fourth-order valence-electron chi connectivity index (χ4n) is 3.35. The summed E-state index contributed by atoms with van der Waals surface area (Å²) in [6.45, 7) is 3.71. The normalized spacial score (nSPS) is 18.3. The second kappa shape index (κ2) is 6.80. The Labute approximate surface area is 175 Å². The fourth-order valence-corrected chi connectivity index (χ4v) is 3.56. The molecule has 1 aliphatic rings. The highest BCUT2D eigenvalue weighted by molar-refractivity contribution is 6.30. The molecule has 0 N–H and O–H groups in total. The zero-order valence-corrected chi connectivity index (χ0v) is 17.4. The topological polar surface area (TPSA) is 46.8 Å². The lowest BCUT2D eigenvalue weighted by molar-refractivity contribution is -0.172. The lowest BCUT2D eigenvalue weighted by atomic mass is 9.96. The standard InChI is InChI=1S/C20H20ClF4N5/c1-18(2,3)17-27-15-14(16(28-17)30-9-19(22,23)20(24,25)10-30)26-11-29(15)8-12-5-4-6-13(21)7-12/h4-7,11H,8-10H2,1-3H3. The number of hydrogen-bond donors (Lipinski definition) is 0. The highest BCUT2D eigenvalue weighted by Gasteiger charge is 2.63. The van der Waals surface area contributed by atoms with E-state index in [4.69, 9.17) is 11.6 Å². The van der Waals surface area contributed by atoms with Crippen molar-refractivity contribution in [2.75, 3.05) is 18.0 Å². The van der Waals surface area contributed by atoms with Gasteiger partial charge < -0.3 is 9.47 Å². The highest BCUT2D eigenvalue weighted by Crippen LogP contribution is 2.43. The summed E-state index contributed by atoms with van der Waals surface area (Å²) in [5.74, 6) is -7.94. The first kappa shape index (κ1) is 20.8. The number of imidazole rings is 1. The monoisotopic (exact) mass is 441 g/mol. The molecule has 1 fully saturated rings. The Bertz CT molecular complexity index is 1090. The Hall–Kier alpha value is -2.42. The molecule has 30 heavy (non-hydrogen) atoms. The quantitative estimate of drug-likeness (QED) is 0.541. The van der Waals surface area contributed by atoms with Crippen molar-refractivity contribution in [1.82, 2.24) is 19.5 Å². The van der Waals surface area contributed by atoms with Crippen molar-refractivity contribution >= 4 is 28.6 Å². The summed E-state index contributed by atoms with van der Waals surface area (Å²) in [4.78, 5) is 14.1. The van der Waals surface area contributed by atoms with Crippen LogP contribution in [0.2, 0.25) is 5.02 Å². The van der Waals surface area contributed by atoms with Crippen molar-refractivity contribution in [2.24, 2.45) is 0 Å². The maximum atomic E-state index is 13.8. The van der Waals surface area contributed by atoms with E-state index in [1.54, 1.807) is 16.7 Å². The third-order valence-corrected chi connectivity index (χ3v) is 5.21. The third-order valence-electron chi connectivity index (χ3n) is 4.97. The lowest BCUT2D eigenvalue weighted by Crippen LogP contribution is -2.38. The van der Waals surface area contributed by atoms with Gasteiger partial charge in [-0.1, -0.05) is 44.5 Å². The molecule has 2 aromatic heterocycles. The van der Waals surface area contributed by atoms with Crippen molar-refractivity contribution in [3.05, 3.63) is 47.0 Å². The molecule has 1 saturated heterocycles. The Balaban J connectivity index is 1.84. The summed E-state index contributed by atoms with van der Waals surface area (Å²) < 4.78 is 57.1. The van der Waals surface area contributed by atoms with E-state index in [2.05, 4.69) is 15.0 Å². The molecule has 5 nitrogen and oxygen atoms in total. The van der Waals surface area contributed by atoms with E-state index in [-0.39, 0.29) is 11.3 Å². The summed E-state index contributed by atoms with van der Waals surface area (Å²) >= 11 is 6.05. The average molecular weight is 442 g/mol. The summed E-state index contributed by atoms with van der Waals surface area (Å²) in [7, 11) is 0. The molecule has 1 aliphatic heterocycles. The molecule has 3 heterocycles. The van der Waals surface area contributed by atoms with E-state index < -0.39 is 30.3 Å². The number of anilines is 1. The van der Waals surface area contributed by atoms with Crippen LogP contribution >= 0.6 is 11.6 Å². The number of benzene rings is 1.